The number of aromatic nitrogens is 1. The van der Waals surface area contributed by atoms with E-state index in [9.17, 15) is 9.59 Å². The molecule has 3 aromatic carbocycles. The fourth-order valence-electron chi connectivity index (χ4n) is 3.93. The normalized spacial score (nSPS) is 11.9. The summed E-state index contributed by atoms with van der Waals surface area (Å²) in [5, 5.41) is 0. The summed E-state index contributed by atoms with van der Waals surface area (Å²) in [6.45, 7) is 0.552. The Morgan fingerprint density at radius 2 is 1.66 bits per heavy atom. The van der Waals surface area contributed by atoms with E-state index in [-0.39, 0.29) is 19.2 Å². The van der Waals surface area contributed by atoms with Crippen LogP contribution in [0.5, 0.6) is 17.2 Å². The molecule has 1 amide bonds. The van der Waals surface area contributed by atoms with Crippen molar-refractivity contribution >= 4 is 11.7 Å². The van der Waals surface area contributed by atoms with Crippen LogP contribution in [0.15, 0.2) is 78.9 Å². The number of nitrogens with two attached hydrogens (primary N) is 1. The second-order valence-corrected chi connectivity index (χ2v) is 8.29. The van der Waals surface area contributed by atoms with Gasteiger partial charge in [0.1, 0.15) is 12.4 Å². The quantitative estimate of drug-likeness (QED) is 0.354. The van der Waals surface area contributed by atoms with E-state index < -0.39 is 5.91 Å². The number of ketones is 1. The molecule has 0 fully saturated rings. The highest BCUT2D eigenvalue weighted by Gasteiger charge is 2.14. The van der Waals surface area contributed by atoms with Gasteiger partial charge in [-0.1, -0.05) is 18.2 Å². The molecule has 7 heteroatoms. The zero-order valence-electron chi connectivity index (χ0n) is 19.0. The Balaban J connectivity index is 1.17. The first-order valence-electron chi connectivity index (χ1n) is 11.3. The molecular weight excluding hydrogens is 444 g/mol. The van der Waals surface area contributed by atoms with Crippen molar-refractivity contribution in [2.24, 2.45) is 5.73 Å². The van der Waals surface area contributed by atoms with Crippen LogP contribution < -0.4 is 19.9 Å². The minimum atomic E-state index is -0.477. The fraction of sp³-hybridized carbons (Fsp3) is 0.143. The van der Waals surface area contributed by atoms with Crippen molar-refractivity contribution in [1.82, 2.24) is 4.98 Å². The van der Waals surface area contributed by atoms with Gasteiger partial charge in [-0.15, -0.1) is 0 Å². The number of fused-ring (bicyclic) bond motifs is 1. The van der Waals surface area contributed by atoms with Gasteiger partial charge < -0.3 is 24.9 Å². The molecule has 7 nitrogen and oxygen atoms in total. The number of H-pyrrole nitrogens is 1. The average molecular weight is 469 g/mol. The number of nitrogens with one attached hydrogen (secondary N) is 1. The van der Waals surface area contributed by atoms with Gasteiger partial charge in [0.25, 0.3) is 0 Å². The summed E-state index contributed by atoms with van der Waals surface area (Å²) >= 11 is 0. The molecule has 0 aliphatic carbocycles. The van der Waals surface area contributed by atoms with Gasteiger partial charge in [-0.05, 0) is 84.6 Å². The molecular formula is C28H24N2O5. The maximum absolute atomic E-state index is 12.9. The molecule has 0 atom stereocenters. The van der Waals surface area contributed by atoms with Crippen molar-refractivity contribution in [1.29, 1.82) is 0 Å². The summed E-state index contributed by atoms with van der Waals surface area (Å²) < 4.78 is 16.6. The molecule has 3 N–H and O–H groups in total. The van der Waals surface area contributed by atoms with Gasteiger partial charge in [0, 0.05) is 16.8 Å². The number of aryl methyl sites for hydroxylation is 2. The van der Waals surface area contributed by atoms with Crippen LogP contribution in [0.4, 0.5) is 0 Å². The lowest BCUT2D eigenvalue weighted by Crippen LogP contribution is -2.11. The lowest BCUT2D eigenvalue weighted by molar-refractivity contribution is 0.0998. The van der Waals surface area contributed by atoms with E-state index in [1.165, 1.54) is 0 Å². The second-order valence-electron chi connectivity index (χ2n) is 8.29. The van der Waals surface area contributed by atoms with E-state index in [2.05, 4.69) is 4.98 Å². The van der Waals surface area contributed by atoms with Crippen LogP contribution in [0.1, 0.15) is 43.2 Å². The predicted octanol–water partition coefficient (Wildman–Crippen LogP) is 4.44. The fourth-order valence-corrected chi connectivity index (χ4v) is 3.93. The van der Waals surface area contributed by atoms with Gasteiger partial charge in [0.05, 0.1) is 5.69 Å². The minimum absolute atomic E-state index is 0.0833. The summed E-state index contributed by atoms with van der Waals surface area (Å²) in [6, 6.07) is 23.7. The molecule has 0 bridgehead atoms. The van der Waals surface area contributed by atoms with Gasteiger partial charge in [-0.25, -0.2) is 0 Å². The van der Waals surface area contributed by atoms with E-state index in [1.54, 1.807) is 42.5 Å². The third-order valence-electron chi connectivity index (χ3n) is 5.84. The molecule has 1 aromatic heterocycles. The summed E-state index contributed by atoms with van der Waals surface area (Å²) in [7, 11) is 0. The number of carbonyl (C=O) groups excluding carboxylic acids is 2. The van der Waals surface area contributed by atoms with Gasteiger partial charge in [0.2, 0.25) is 18.5 Å². The van der Waals surface area contributed by atoms with Crippen LogP contribution in [0.2, 0.25) is 0 Å². The predicted molar refractivity (Wildman–Crippen MR) is 130 cm³/mol. The minimum Gasteiger partial charge on any atom is -0.489 e. The molecule has 176 valence electrons. The molecule has 1 aliphatic rings. The highest BCUT2D eigenvalue weighted by molar-refractivity contribution is 6.07. The molecule has 1 aliphatic heterocycles. The molecule has 0 radical (unpaired) electrons. The largest absolute Gasteiger partial charge is 0.489 e. The van der Waals surface area contributed by atoms with E-state index in [0.717, 1.165) is 41.2 Å². The van der Waals surface area contributed by atoms with E-state index in [0.29, 0.717) is 22.6 Å². The van der Waals surface area contributed by atoms with Crippen molar-refractivity contribution in [2.45, 2.75) is 19.4 Å². The van der Waals surface area contributed by atoms with Gasteiger partial charge >= 0.3 is 0 Å². The monoisotopic (exact) mass is 468 g/mol. The first kappa shape index (κ1) is 22.3. The van der Waals surface area contributed by atoms with Crippen molar-refractivity contribution in [2.75, 3.05) is 6.79 Å². The smallest absolute Gasteiger partial charge is 0.248 e. The van der Waals surface area contributed by atoms with Crippen LogP contribution in [0, 0.1) is 0 Å². The SMILES string of the molecule is NC(=O)c1cccc(COc2ccc(C(=O)c3ccc(CCc4ccc5c(c4)OCO5)[nH]3)cc2)c1. The Bertz CT molecular complexity index is 1370. The lowest BCUT2D eigenvalue weighted by Gasteiger charge is -2.08. The van der Waals surface area contributed by atoms with Gasteiger partial charge in [0.15, 0.2) is 11.5 Å². The first-order valence-corrected chi connectivity index (χ1v) is 11.3. The summed E-state index contributed by atoms with van der Waals surface area (Å²) in [6.07, 6.45) is 1.59. The summed E-state index contributed by atoms with van der Waals surface area (Å²) in [4.78, 5) is 27.5. The Hall–Kier alpha value is -4.52. The summed E-state index contributed by atoms with van der Waals surface area (Å²) in [5.74, 6) is 1.61. The lowest BCUT2D eigenvalue weighted by atomic mass is 10.1. The highest BCUT2D eigenvalue weighted by Crippen LogP contribution is 2.32. The summed E-state index contributed by atoms with van der Waals surface area (Å²) in [5.41, 5.74) is 9.84. The van der Waals surface area contributed by atoms with Gasteiger partial charge in [-0.3, -0.25) is 9.59 Å². The number of hydrogen-bond acceptors (Lipinski definition) is 5. The van der Waals surface area contributed by atoms with E-state index in [4.69, 9.17) is 19.9 Å². The van der Waals surface area contributed by atoms with Crippen LogP contribution in [0.3, 0.4) is 0 Å². The Morgan fingerprint density at radius 1 is 0.829 bits per heavy atom. The van der Waals surface area contributed by atoms with Gasteiger partial charge in [-0.2, -0.15) is 0 Å². The third kappa shape index (κ3) is 5.19. The number of benzene rings is 3. The molecule has 0 spiro atoms. The molecule has 0 saturated carbocycles. The van der Waals surface area contributed by atoms with Crippen LogP contribution in [-0.2, 0) is 19.4 Å². The average Bonchev–Trinajstić information content (AvgIpc) is 3.55. The molecule has 4 aromatic rings. The third-order valence-corrected chi connectivity index (χ3v) is 5.84. The molecule has 0 saturated heterocycles. The zero-order valence-corrected chi connectivity index (χ0v) is 19.0. The number of rotatable bonds is 9. The molecule has 5 rings (SSSR count). The maximum atomic E-state index is 12.9. The second kappa shape index (κ2) is 9.77. The molecule has 2 heterocycles. The Kier molecular flexibility index (Phi) is 6.22. The number of ether oxygens (including phenoxy) is 3. The van der Waals surface area contributed by atoms with E-state index >= 15 is 0 Å². The van der Waals surface area contributed by atoms with E-state index in [1.807, 2.05) is 36.4 Å². The number of hydrogen-bond donors (Lipinski definition) is 2. The number of amides is 1. The van der Waals surface area contributed by atoms with Crippen LogP contribution in [-0.4, -0.2) is 23.5 Å². The zero-order chi connectivity index (χ0) is 24.2. The number of aromatic amines is 1. The Morgan fingerprint density at radius 3 is 2.49 bits per heavy atom. The van der Waals surface area contributed by atoms with Crippen molar-refractivity contribution < 1.29 is 23.8 Å². The Labute approximate surface area is 202 Å². The standard InChI is InChI=1S/C28H24N2O5/c29-28(32)21-3-1-2-19(14-21)16-33-23-10-6-20(7-11-23)27(31)24-12-9-22(30-24)8-4-18-5-13-25-26(15-18)35-17-34-25/h1-3,5-7,9-15,30H,4,8,16-17H2,(H2,29,32). The maximum Gasteiger partial charge on any atom is 0.248 e. The number of primary amides is 1. The topological polar surface area (TPSA) is 104 Å². The van der Waals surface area contributed by atoms with Crippen LogP contribution in [0.25, 0.3) is 0 Å². The highest BCUT2D eigenvalue weighted by atomic mass is 16.7. The van der Waals surface area contributed by atoms with Crippen molar-refractivity contribution in [3.63, 3.8) is 0 Å². The number of carbonyl (C=O) groups is 2. The van der Waals surface area contributed by atoms with Crippen molar-refractivity contribution in [3.8, 4) is 17.2 Å². The first-order chi connectivity index (χ1) is 17.0. The molecule has 0 unspecified atom stereocenters. The van der Waals surface area contributed by atoms with Crippen LogP contribution >= 0.6 is 0 Å². The molecule has 35 heavy (non-hydrogen) atoms. The van der Waals surface area contributed by atoms with Crippen molar-refractivity contribution in [3.05, 3.63) is 113 Å².